The van der Waals surface area contributed by atoms with Gasteiger partial charge in [0, 0.05) is 23.5 Å². The number of rotatable bonds is 3. The molecule has 1 heterocycles. The van der Waals surface area contributed by atoms with Crippen molar-refractivity contribution in [2.24, 2.45) is 5.73 Å². The van der Waals surface area contributed by atoms with Crippen LogP contribution in [0.2, 0.25) is 0 Å². The highest BCUT2D eigenvalue weighted by Gasteiger charge is 2.09. The molecule has 3 nitrogen and oxygen atoms in total. The zero-order chi connectivity index (χ0) is 12.4. The summed E-state index contributed by atoms with van der Waals surface area (Å²) < 4.78 is 5.38. The predicted molar refractivity (Wildman–Crippen MR) is 70.5 cm³/mol. The first kappa shape index (κ1) is 11.9. The smallest absolute Gasteiger partial charge is 0.145 e. The third-order valence-corrected chi connectivity index (χ3v) is 3.00. The minimum absolute atomic E-state index is 0.269. The van der Waals surface area contributed by atoms with E-state index in [2.05, 4.69) is 31.0 Å². The second-order valence-electron chi connectivity index (χ2n) is 4.41. The van der Waals surface area contributed by atoms with Gasteiger partial charge in [-0.05, 0) is 30.7 Å². The number of benzene rings is 1. The molecule has 0 fully saturated rings. The van der Waals surface area contributed by atoms with Crippen molar-refractivity contribution in [3.05, 3.63) is 35.5 Å². The molecular weight excluding hydrogens is 212 g/mol. The zero-order valence-electron chi connectivity index (χ0n) is 10.5. The maximum absolute atomic E-state index is 5.67. The van der Waals surface area contributed by atoms with Gasteiger partial charge in [-0.2, -0.15) is 0 Å². The maximum Gasteiger partial charge on any atom is 0.145 e. The van der Waals surface area contributed by atoms with E-state index in [1.807, 2.05) is 12.1 Å². The van der Waals surface area contributed by atoms with E-state index >= 15 is 0 Å². The van der Waals surface area contributed by atoms with Crippen LogP contribution in [0.4, 0.5) is 0 Å². The van der Waals surface area contributed by atoms with E-state index in [4.69, 9.17) is 10.5 Å². The lowest BCUT2D eigenvalue weighted by Gasteiger charge is -2.11. The average molecular weight is 230 g/mol. The van der Waals surface area contributed by atoms with E-state index in [0.717, 1.165) is 22.3 Å². The minimum atomic E-state index is 0.269. The number of pyridine rings is 1. The molecule has 0 radical (unpaired) electrons. The van der Waals surface area contributed by atoms with E-state index in [0.29, 0.717) is 6.54 Å². The number of ether oxygens (including phenoxy) is 1. The Labute approximate surface area is 102 Å². The molecule has 17 heavy (non-hydrogen) atoms. The minimum Gasteiger partial charge on any atom is -0.494 e. The summed E-state index contributed by atoms with van der Waals surface area (Å²) in [4.78, 5) is 4.65. The third-order valence-electron chi connectivity index (χ3n) is 3.00. The van der Waals surface area contributed by atoms with Gasteiger partial charge in [-0.25, -0.2) is 4.98 Å². The van der Waals surface area contributed by atoms with E-state index in [1.54, 1.807) is 7.11 Å². The number of aromatic nitrogens is 1. The highest BCUT2D eigenvalue weighted by molar-refractivity contribution is 5.85. The number of fused-ring (bicyclic) bond motifs is 1. The van der Waals surface area contributed by atoms with E-state index in [1.165, 1.54) is 5.56 Å². The largest absolute Gasteiger partial charge is 0.494 e. The SMILES string of the molecule is COc1cc(C)cc2ccc(C(C)CN)nc12. The molecular formula is C14H18N2O. The average Bonchev–Trinajstić information content (AvgIpc) is 2.36. The Morgan fingerprint density at radius 3 is 2.76 bits per heavy atom. The molecule has 2 aromatic rings. The molecule has 2 N–H and O–H groups in total. The van der Waals surface area contributed by atoms with Crippen molar-refractivity contribution >= 4 is 10.9 Å². The highest BCUT2D eigenvalue weighted by atomic mass is 16.5. The summed E-state index contributed by atoms with van der Waals surface area (Å²) in [7, 11) is 1.68. The van der Waals surface area contributed by atoms with Gasteiger partial charge in [-0.3, -0.25) is 0 Å². The van der Waals surface area contributed by atoms with Gasteiger partial charge in [0.1, 0.15) is 11.3 Å². The van der Waals surface area contributed by atoms with Gasteiger partial charge in [0.2, 0.25) is 0 Å². The number of nitrogens with zero attached hydrogens (tertiary/aromatic N) is 1. The molecule has 3 heteroatoms. The molecule has 0 aliphatic heterocycles. The van der Waals surface area contributed by atoms with Crippen LogP contribution in [0.25, 0.3) is 10.9 Å². The van der Waals surface area contributed by atoms with Gasteiger partial charge in [0.25, 0.3) is 0 Å². The molecule has 0 amide bonds. The summed E-state index contributed by atoms with van der Waals surface area (Å²) in [6, 6.07) is 8.24. The first-order valence-corrected chi connectivity index (χ1v) is 5.81. The van der Waals surface area contributed by atoms with Crippen LogP contribution < -0.4 is 10.5 Å². The van der Waals surface area contributed by atoms with Crippen molar-refractivity contribution in [2.75, 3.05) is 13.7 Å². The van der Waals surface area contributed by atoms with Crippen LogP contribution in [-0.4, -0.2) is 18.6 Å². The van der Waals surface area contributed by atoms with Crippen molar-refractivity contribution in [3.8, 4) is 5.75 Å². The molecule has 1 aromatic carbocycles. The molecule has 0 spiro atoms. The van der Waals surface area contributed by atoms with Crippen LogP contribution in [0, 0.1) is 6.92 Å². The Hall–Kier alpha value is -1.61. The molecule has 0 aliphatic rings. The van der Waals surface area contributed by atoms with Crippen molar-refractivity contribution < 1.29 is 4.74 Å². The molecule has 0 aliphatic carbocycles. The quantitative estimate of drug-likeness (QED) is 0.881. The Kier molecular flexibility index (Phi) is 3.29. The first-order chi connectivity index (χ1) is 8.15. The zero-order valence-corrected chi connectivity index (χ0v) is 10.5. The maximum atomic E-state index is 5.67. The van der Waals surface area contributed by atoms with Crippen LogP contribution in [-0.2, 0) is 0 Å². The molecule has 0 saturated heterocycles. The summed E-state index contributed by atoms with van der Waals surface area (Å²) >= 11 is 0. The third kappa shape index (κ3) is 2.24. The number of aryl methyl sites for hydroxylation is 1. The van der Waals surface area contributed by atoms with E-state index in [-0.39, 0.29) is 5.92 Å². The van der Waals surface area contributed by atoms with Crippen LogP contribution in [0.1, 0.15) is 24.1 Å². The van der Waals surface area contributed by atoms with Crippen LogP contribution >= 0.6 is 0 Å². The van der Waals surface area contributed by atoms with Crippen LogP contribution in [0.3, 0.4) is 0 Å². The fraction of sp³-hybridized carbons (Fsp3) is 0.357. The lowest BCUT2D eigenvalue weighted by Crippen LogP contribution is -2.10. The number of methoxy groups -OCH3 is 1. The lowest BCUT2D eigenvalue weighted by molar-refractivity contribution is 0.418. The molecule has 1 aromatic heterocycles. The fourth-order valence-corrected chi connectivity index (χ4v) is 1.91. The number of nitrogens with two attached hydrogens (primary N) is 1. The Morgan fingerprint density at radius 1 is 1.35 bits per heavy atom. The van der Waals surface area contributed by atoms with Crippen LogP contribution in [0.15, 0.2) is 24.3 Å². The van der Waals surface area contributed by atoms with E-state index < -0.39 is 0 Å². The molecule has 2 rings (SSSR count). The fourth-order valence-electron chi connectivity index (χ4n) is 1.91. The van der Waals surface area contributed by atoms with Gasteiger partial charge in [-0.15, -0.1) is 0 Å². The van der Waals surface area contributed by atoms with Gasteiger partial charge >= 0.3 is 0 Å². The predicted octanol–water partition coefficient (Wildman–Crippen LogP) is 2.61. The Morgan fingerprint density at radius 2 is 2.12 bits per heavy atom. The summed E-state index contributed by atoms with van der Waals surface area (Å²) in [5, 5.41) is 1.11. The summed E-state index contributed by atoms with van der Waals surface area (Å²) in [5.74, 6) is 1.09. The molecule has 1 atom stereocenters. The van der Waals surface area contributed by atoms with Gasteiger partial charge in [-0.1, -0.05) is 13.0 Å². The van der Waals surface area contributed by atoms with Crippen molar-refractivity contribution in [2.45, 2.75) is 19.8 Å². The second-order valence-corrected chi connectivity index (χ2v) is 4.41. The lowest BCUT2D eigenvalue weighted by atomic mass is 10.0. The summed E-state index contributed by atoms with van der Waals surface area (Å²) in [5.41, 5.74) is 8.78. The van der Waals surface area contributed by atoms with Crippen molar-refractivity contribution in [3.63, 3.8) is 0 Å². The van der Waals surface area contributed by atoms with Gasteiger partial charge < -0.3 is 10.5 Å². The molecule has 90 valence electrons. The monoisotopic (exact) mass is 230 g/mol. The first-order valence-electron chi connectivity index (χ1n) is 5.81. The van der Waals surface area contributed by atoms with Gasteiger partial charge in [0.15, 0.2) is 0 Å². The molecule has 0 bridgehead atoms. The Balaban J connectivity index is 2.63. The Bertz CT molecular complexity index is 537. The van der Waals surface area contributed by atoms with Crippen LogP contribution in [0.5, 0.6) is 5.75 Å². The molecule has 0 saturated carbocycles. The highest BCUT2D eigenvalue weighted by Crippen LogP contribution is 2.27. The van der Waals surface area contributed by atoms with E-state index in [9.17, 15) is 0 Å². The van der Waals surface area contributed by atoms with Crippen molar-refractivity contribution in [1.82, 2.24) is 4.98 Å². The van der Waals surface area contributed by atoms with Crippen molar-refractivity contribution in [1.29, 1.82) is 0 Å². The second kappa shape index (κ2) is 4.72. The topological polar surface area (TPSA) is 48.1 Å². The number of hydrogen-bond donors (Lipinski definition) is 1. The normalized spacial score (nSPS) is 12.7. The number of hydrogen-bond acceptors (Lipinski definition) is 3. The molecule has 1 unspecified atom stereocenters. The summed E-state index contributed by atoms with van der Waals surface area (Å²) in [6.07, 6.45) is 0. The van der Waals surface area contributed by atoms with Gasteiger partial charge in [0.05, 0.1) is 7.11 Å². The standard InChI is InChI=1S/C14H18N2O/c1-9-6-11-4-5-12(10(2)8-15)16-14(11)13(7-9)17-3/h4-7,10H,8,15H2,1-3H3. The summed E-state index contributed by atoms with van der Waals surface area (Å²) in [6.45, 7) is 4.74.